The molecule has 0 aromatic carbocycles. The molecule has 0 radical (unpaired) electrons. The van der Waals surface area contributed by atoms with Gasteiger partial charge in [0, 0.05) is 11.3 Å². The topological polar surface area (TPSA) is 38.9 Å². The zero-order chi connectivity index (χ0) is 12.6. The molecule has 1 atom stereocenters. The monoisotopic (exact) mass is 260 g/mol. The van der Waals surface area contributed by atoms with Gasteiger partial charge in [0.1, 0.15) is 10.7 Å². The Bertz CT molecular complexity index is 433. The molecular formula is C12H15ClF2N2. The summed E-state index contributed by atoms with van der Waals surface area (Å²) in [5.74, 6) is 0. The van der Waals surface area contributed by atoms with Crippen molar-refractivity contribution in [3.05, 3.63) is 28.0 Å². The van der Waals surface area contributed by atoms with Gasteiger partial charge >= 0.3 is 0 Å². The minimum atomic E-state index is -2.66. The van der Waals surface area contributed by atoms with Gasteiger partial charge in [0.15, 0.2) is 0 Å². The van der Waals surface area contributed by atoms with Crippen LogP contribution in [-0.4, -0.2) is 11.4 Å². The van der Waals surface area contributed by atoms with Crippen LogP contribution in [0.5, 0.6) is 0 Å². The minimum absolute atomic E-state index is 0.107. The highest BCUT2D eigenvalue weighted by Gasteiger charge is 2.35. The van der Waals surface area contributed by atoms with E-state index in [-0.39, 0.29) is 10.7 Å². The van der Waals surface area contributed by atoms with Crippen LogP contribution in [0, 0.1) is 0 Å². The van der Waals surface area contributed by atoms with Crippen LogP contribution in [0.2, 0.25) is 5.15 Å². The van der Waals surface area contributed by atoms with Gasteiger partial charge in [0.2, 0.25) is 0 Å². The molecule has 0 amide bonds. The molecule has 1 unspecified atom stereocenters. The SMILES string of the molecule is CC(N)(c1cc2c(nc1Cl)CCCC2)C(F)F. The van der Waals surface area contributed by atoms with Crippen molar-refractivity contribution in [3.8, 4) is 0 Å². The Kier molecular flexibility index (Phi) is 3.36. The van der Waals surface area contributed by atoms with Crippen LogP contribution in [0.25, 0.3) is 0 Å². The summed E-state index contributed by atoms with van der Waals surface area (Å²) in [4.78, 5) is 4.21. The summed E-state index contributed by atoms with van der Waals surface area (Å²) in [6, 6.07) is 1.70. The highest BCUT2D eigenvalue weighted by atomic mass is 35.5. The zero-order valence-electron chi connectivity index (χ0n) is 9.64. The number of hydrogen-bond donors (Lipinski definition) is 1. The molecule has 1 aliphatic rings. The highest BCUT2D eigenvalue weighted by Crippen LogP contribution is 2.33. The number of fused-ring (bicyclic) bond motifs is 1. The summed E-state index contributed by atoms with van der Waals surface area (Å²) >= 11 is 5.97. The third-order valence-electron chi connectivity index (χ3n) is 3.29. The van der Waals surface area contributed by atoms with Gasteiger partial charge < -0.3 is 5.73 Å². The van der Waals surface area contributed by atoms with Gasteiger partial charge in [-0.05, 0) is 44.2 Å². The summed E-state index contributed by atoms with van der Waals surface area (Å²) in [7, 11) is 0. The fourth-order valence-electron chi connectivity index (χ4n) is 2.10. The van der Waals surface area contributed by atoms with Crippen molar-refractivity contribution >= 4 is 11.6 Å². The molecule has 2 N–H and O–H groups in total. The molecule has 0 spiro atoms. The molecule has 1 aromatic rings. The van der Waals surface area contributed by atoms with Crippen molar-refractivity contribution in [1.29, 1.82) is 0 Å². The normalized spacial score (nSPS) is 18.9. The molecule has 5 heteroatoms. The predicted octanol–water partition coefficient (Wildman–Crippen LogP) is 3.05. The number of alkyl halides is 2. The summed E-state index contributed by atoms with van der Waals surface area (Å²) in [5, 5.41) is 0.107. The molecule has 0 fully saturated rings. The van der Waals surface area contributed by atoms with Gasteiger partial charge in [0.05, 0.1) is 0 Å². The molecule has 1 heterocycles. The first-order valence-corrected chi connectivity index (χ1v) is 6.06. The molecule has 0 saturated carbocycles. The third-order valence-corrected chi connectivity index (χ3v) is 3.58. The molecule has 1 aliphatic carbocycles. The van der Waals surface area contributed by atoms with Crippen LogP contribution in [0.3, 0.4) is 0 Å². The van der Waals surface area contributed by atoms with Gasteiger partial charge in [0.25, 0.3) is 6.43 Å². The molecule has 0 aliphatic heterocycles. The molecule has 1 aromatic heterocycles. The number of nitrogens with two attached hydrogens (primary N) is 1. The summed E-state index contributed by atoms with van der Waals surface area (Å²) in [5.41, 5.74) is 6.08. The van der Waals surface area contributed by atoms with Gasteiger partial charge in [-0.3, -0.25) is 0 Å². The number of hydrogen-bond acceptors (Lipinski definition) is 2. The van der Waals surface area contributed by atoms with Crippen LogP contribution >= 0.6 is 11.6 Å². The van der Waals surface area contributed by atoms with E-state index in [0.717, 1.165) is 36.9 Å². The Hall–Kier alpha value is -0.740. The van der Waals surface area contributed by atoms with Crippen LogP contribution in [0.4, 0.5) is 8.78 Å². The Labute approximate surface area is 104 Å². The molecule has 2 nitrogen and oxygen atoms in total. The van der Waals surface area contributed by atoms with Crippen LogP contribution in [0.15, 0.2) is 6.07 Å². The fraction of sp³-hybridized carbons (Fsp3) is 0.583. The van der Waals surface area contributed by atoms with Gasteiger partial charge in [-0.25, -0.2) is 13.8 Å². The van der Waals surface area contributed by atoms with Crippen molar-refractivity contribution < 1.29 is 8.78 Å². The lowest BCUT2D eigenvalue weighted by Gasteiger charge is -2.27. The summed E-state index contributed by atoms with van der Waals surface area (Å²) < 4.78 is 25.8. The number of rotatable bonds is 2. The van der Waals surface area contributed by atoms with Crippen LogP contribution in [-0.2, 0) is 18.4 Å². The lowest BCUT2D eigenvalue weighted by Crippen LogP contribution is -2.41. The summed E-state index contributed by atoms with van der Waals surface area (Å²) in [6.45, 7) is 1.29. The molecule has 2 rings (SSSR count). The van der Waals surface area contributed by atoms with Gasteiger partial charge in [-0.1, -0.05) is 11.6 Å². The molecule has 0 bridgehead atoms. The maximum absolute atomic E-state index is 12.9. The zero-order valence-corrected chi connectivity index (χ0v) is 10.4. The van der Waals surface area contributed by atoms with E-state index >= 15 is 0 Å². The fourth-order valence-corrected chi connectivity index (χ4v) is 2.46. The summed E-state index contributed by atoms with van der Waals surface area (Å²) in [6.07, 6.45) is 1.20. The van der Waals surface area contributed by atoms with E-state index in [1.165, 1.54) is 6.92 Å². The maximum Gasteiger partial charge on any atom is 0.260 e. The van der Waals surface area contributed by atoms with Crippen molar-refractivity contribution in [2.24, 2.45) is 5.73 Å². The van der Waals surface area contributed by atoms with E-state index < -0.39 is 12.0 Å². The predicted molar refractivity (Wildman–Crippen MR) is 63.4 cm³/mol. The largest absolute Gasteiger partial charge is 0.317 e. The molecule has 94 valence electrons. The van der Waals surface area contributed by atoms with E-state index in [1.807, 2.05) is 0 Å². The Balaban J connectivity index is 2.48. The van der Waals surface area contributed by atoms with E-state index in [4.69, 9.17) is 17.3 Å². The van der Waals surface area contributed by atoms with E-state index in [2.05, 4.69) is 4.98 Å². The van der Waals surface area contributed by atoms with Crippen LogP contribution in [0.1, 0.15) is 36.6 Å². The second-order valence-electron chi connectivity index (χ2n) is 4.72. The number of aromatic nitrogens is 1. The Morgan fingerprint density at radius 3 is 2.71 bits per heavy atom. The smallest absolute Gasteiger partial charge is 0.260 e. The van der Waals surface area contributed by atoms with E-state index in [9.17, 15) is 8.78 Å². The van der Waals surface area contributed by atoms with Crippen molar-refractivity contribution in [3.63, 3.8) is 0 Å². The maximum atomic E-state index is 12.9. The average Bonchev–Trinajstić information content (AvgIpc) is 2.27. The van der Waals surface area contributed by atoms with Crippen molar-refractivity contribution in [1.82, 2.24) is 4.98 Å². The van der Waals surface area contributed by atoms with Crippen molar-refractivity contribution in [2.75, 3.05) is 0 Å². The molecule has 17 heavy (non-hydrogen) atoms. The quantitative estimate of drug-likeness (QED) is 0.830. The second-order valence-corrected chi connectivity index (χ2v) is 5.08. The Morgan fingerprint density at radius 2 is 2.06 bits per heavy atom. The minimum Gasteiger partial charge on any atom is -0.317 e. The first-order valence-electron chi connectivity index (χ1n) is 5.68. The number of aryl methyl sites for hydroxylation is 2. The second kappa shape index (κ2) is 4.50. The third kappa shape index (κ3) is 2.29. The van der Waals surface area contributed by atoms with Gasteiger partial charge in [-0.2, -0.15) is 0 Å². The average molecular weight is 261 g/mol. The van der Waals surface area contributed by atoms with Crippen molar-refractivity contribution in [2.45, 2.75) is 44.6 Å². The van der Waals surface area contributed by atoms with E-state index in [0.29, 0.717) is 0 Å². The first-order chi connectivity index (χ1) is 7.93. The lowest BCUT2D eigenvalue weighted by atomic mass is 9.89. The van der Waals surface area contributed by atoms with E-state index in [1.54, 1.807) is 6.07 Å². The lowest BCUT2D eigenvalue weighted by molar-refractivity contribution is 0.0623. The molecular weight excluding hydrogens is 246 g/mol. The Morgan fingerprint density at radius 1 is 1.41 bits per heavy atom. The number of halogens is 3. The standard InChI is InChI=1S/C12H15ClF2N2/c1-12(16,11(14)15)8-6-7-4-2-3-5-9(7)17-10(8)13/h6,11H,2-5,16H2,1H3. The number of pyridine rings is 1. The molecule has 0 saturated heterocycles. The van der Waals surface area contributed by atoms with Gasteiger partial charge in [-0.15, -0.1) is 0 Å². The first kappa shape index (κ1) is 12.7. The number of nitrogens with zero attached hydrogens (tertiary/aromatic N) is 1. The highest BCUT2D eigenvalue weighted by molar-refractivity contribution is 6.30. The van der Waals surface area contributed by atoms with Crippen LogP contribution < -0.4 is 5.73 Å².